The van der Waals surface area contributed by atoms with Crippen molar-refractivity contribution in [1.29, 1.82) is 0 Å². The van der Waals surface area contributed by atoms with E-state index in [0.29, 0.717) is 5.75 Å². The van der Waals surface area contributed by atoms with E-state index in [2.05, 4.69) is 46.8 Å². The number of benzene rings is 1. The molecule has 0 saturated carbocycles. The molecule has 0 bridgehead atoms. The molecule has 0 aliphatic carbocycles. The number of hydrogen-bond acceptors (Lipinski definition) is 4. The molecule has 0 spiro atoms. The van der Waals surface area contributed by atoms with Gasteiger partial charge in [-0.05, 0) is 34.9 Å². The van der Waals surface area contributed by atoms with Crippen molar-refractivity contribution in [1.82, 2.24) is 0 Å². The predicted molar refractivity (Wildman–Crippen MR) is 92.7 cm³/mol. The Hall–Kier alpha value is -1.10. The maximum absolute atomic E-state index is 9.31. The maximum Gasteiger partial charge on any atom is 0.119 e. The van der Waals surface area contributed by atoms with Crippen LogP contribution in [0, 0.1) is 10.8 Å². The van der Waals surface area contributed by atoms with E-state index in [-0.39, 0.29) is 37.3 Å². The second-order valence-electron chi connectivity index (χ2n) is 8.41. The van der Waals surface area contributed by atoms with Crippen molar-refractivity contribution in [3.63, 3.8) is 0 Å². The minimum atomic E-state index is -1.01. The van der Waals surface area contributed by atoms with Crippen LogP contribution < -0.4 is 4.74 Å². The molecule has 0 fully saturated rings. The lowest BCUT2D eigenvalue weighted by atomic mass is 9.72. The summed E-state index contributed by atoms with van der Waals surface area (Å²) >= 11 is 0. The first-order valence-electron chi connectivity index (χ1n) is 8.13. The molecule has 0 aliphatic rings. The molecule has 3 N–H and O–H groups in total. The maximum atomic E-state index is 9.31. The number of rotatable bonds is 8. The molecule has 4 nitrogen and oxygen atoms in total. The van der Waals surface area contributed by atoms with Gasteiger partial charge in [-0.1, -0.05) is 46.8 Å². The lowest BCUT2D eigenvalue weighted by Crippen LogP contribution is -2.39. The Kier molecular flexibility index (Phi) is 6.63. The van der Waals surface area contributed by atoms with Crippen LogP contribution in [0.2, 0.25) is 0 Å². The third-order valence-corrected chi connectivity index (χ3v) is 4.16. The third kappa shape index (κ3) is 5.79. The summed E-state index contributed by atoms with van der Waals surface area (Å²) in [5.74, 6) is 0.667. The van der Waals surface area contributed by atoms with Gasteiger partial charge in [0.2, 0.25) is 0 Å². The molecule has 0 atom stereocenters. The van der Waals surface area contributed by atoms with Crippen molar-refractivity contribution in [2.24, 2.45) is 10.8 Å². The molecule has 132 valence electrons. The van der Waals surface area contributed by atoms with Crippen molar-refractivity contribution in [3.05, 3.63) is 29.8 Å². The molecular weight excluding hydrogens is 292 g/mol. The summed E-state index contributed by atoms with van der Waals surface area (Å²) < 4.78 is 5.63. The van der Waals surface area contributed by atoms with E-state index in [9.17, 15) is 15.3 Å². The normalized spacial score (nSPS) is 13.2. The van der Waals surface area contributed by atoms with E-state index in [1.165, 1.54) is 5.56 Å². The van der Waals surface area contributed by atoms with Crippen LogP contribution in [-0.2, 0) is 5.41 Å². The first-order valence-corrected chi connectivity index (χ1v) is 8.13. The number of hydrogen-bond donors (Lipinski definition) is 3. The zero-order valence-corrected chi connectivity index (χ0v) is 15.1. The van der Waals surface area contributed by atoms with Gasteiger partial charge in [0.25, 0.3) is 0 Å². The summed E-state index contributed by atoms with van der Waals surface area (Å²) in [6, 6.07) is 7.91. The summed E-state index contributed by atoms with van der Waals surface area (Å²) in [6.45, 7) is 10.3. The Bertz CT molecular complexity index is 459. The highest BCUT2D eigenvalue weighted by molar-refractivity contribution is 5.31. The molecule has 0 amide bonds. The Balaban J connectivity index is 2.77. The molecule has 0 heterocycles. The standard InChI is InChI=1S/C19H32O4/c1-17(2,3)10-18(4,5)15-6-8-16(9-7-15)23-14-19(11-20,12-21)13-22/h6-9,20-22H,10-14H2,1-5H3. The second-order valence-corrected chi connectivity index (χ2v) is 8.41. The topological polar surface area (TPSA) is 69.9 Å². The molecule has 1 aromatic carbocycles. The van der Waals surface area contributed by atoms with E-state index >= 15 is 0 Å². The van der Waals surface area contributed by atoms with Gasteiger partial charge in [-0.2, -0.15) is 0 Å². The molecule has 1 aromatic rings. The monoisotopic (exact) mass is 324 g/mol. The van der Waals surface area contributed by atoms with Crippen molar-refractivity contribution in [3.8, 4) is 5.75 Å². The van der Waals surface area contributed by atoms with Crippen molar-refractivity contribution in [2.75, 3.05) is 26.4 Å². The Morgan fingerprint density at radius 3 is 1.70 bits per heavy atom. The molecule has 1 rings (SSSR count). The van der Waals surface area contributed by atoms with Crippen LogP contribution in [0.15, 0.2) is 24.3 Å². The van der Waals surface area contributed by atoms with Crippen LogP contribution in [0.1, 0.15) is 46.6 Å². The quantitative estimate of drug-likeness (QED) is 0.688. The largest absolute Gasteiger partial charge is 0.493 e. The van der Waals surface area contributed by atoms with Gasteiger partial charge in [0, 0.05) is 0 Å². The Labute approximate surface area is 140 Å². The average Bonchev–Trinajstić information content (AvgIpc) is 2.47. The molecule has 0 aromatic heterocycles. The van der Waals surface area contributed by atoms with Crippen LogP contribution in [0.5, 0.6) is 5.75 Å². The summed E-state index contributed by atoms with van der Waals surface area (Å²) in [4.78, 5) is 0. The number of ether oxygens (including phenoxy) is 1. The van der Waals surface area contributed by atoms with Crippen LogP contribution in [0.4, 0.5) is 0 Å². The van der Waals surface area contributed by atoms with E-state index in [0.717, 1.165) is 6.42 Å². The zero-order chi connectivity index (χ0) is 17.7. The lowest BCUT2D eigenvalue weighted by molar-refractivity contribution is -0.0258. The van der Waals surface area contributed by atoms with Gasteiger partial charge < -0.3 is 20.1 Å². The van der Waals surface area contributed by atoms with Crippen LogP contribution in [0.25, 0.3) is 0 Å². The highest BCUT2D eigenvalue weighted by Crippen LogP contribution is 2.36. The highest BCUT2D eigenvalue weighted by atomic mass is 16.5. The van der Waals surface area contributed by atoms with Crippen molar-refractivity contribution >= 4 is 0 Å². The smallest absolute Gasteiger partial charge is 0.119 e. The van der Waals surface area contributed by atoms with Crippen LogP contribution >= 0.6 is 0 Å². The van der Waals surface area contributed by atoms with Crippen molar-refractivity contribution < 1.29 is 20.1 Å². The third-order valence-electron chi connectivity index (χ3n) is 4.16. The van der Waals surface area contributed by atoms with Gasteiger partial charge in [-0.3, -0.25) is 0 Å². The van der Waals surface area contributed by atoms with Gasteiger partial charge in [0.1, 0.15) is 12.4 Å². The Morgan fingerprint density at radius 1 is 0.826 bits per heavy atom. The summed E-state index contributed by atoms with van der Waals surface area (Å²) in [6.07, 6.45) is 1.07. The van der Waals surface area contributed by atoms with Gasteiger partial charge >= 0.3 is 0 Å². The minimum Gasteiger partial charge on any atom is -0.493 e. The summed E-state index contributed by atoms with van der Waals surface area (Å²) in [5, 5.41) is 27.9. The molecular formula is C19H32O4. The van der Waals surface area contributed by atoms with E-state index in [1.807, 2.05) is 12.1 Å². The molecule has 23 heavy (non-hydrogen) atoms. The van der Waals surface area contributed by atoms with Crippen LogP contribution in [0.3, 0.4) is 0 Å². The van der Waals surface area contributed by atoms with Crippen LogP contribution in [-0.4, -0.2) is 41.7 Å². The molecule has 0 saturated heterocycles. The van der Waals surface area contributed by atoms with E-state index in [4.69, 9.17) is 4.74 Å². The average molecular weight is 324 g/mol. The van der Waals surface area contributed by atoms with Gasteiger partial charge in [0.05, 0.1) is 25.2 Å². The number of aliphatic hydroxyl groups is 3. The predicted octanol–water partition coefficient (Wildman–Crippen LogP) is 2.74. The molecule has 0 radical (unpaired) electrons. The first-order chi connectivity index (χ1) is 10.6. The van der Waals surface area contributed by atoms with Crippen molar-refractivity contribution in [2.45, 2.75) is 46.5 Å². The molecule has 4 heteroatoms. The Morgan fingerprint density at radius 2 is 1.30 bits per heavy atom. The first kappa shape index (κ1) is 19.9. The second kappa shape index (κ2) is 7.65. The van der Waals surface area contributed by atoms with Gasteiger partial charge in [-0.25, -0.2) is 0 Å². The zero-order valence-electron chi connectivity index (χ0n) is 15.1. The minimum absolute atomic E-state index is 0.0707. The van der Waals surface area contributed by atoms with E-state index in [1.54, 1.807) is 0 Å². The number of aliphatic hydroxyl groups excluding tert-OH is 3. The molecule has 0 aliphatic heterocycles. The summed E-state index contributed by atoms with van der Waals surface area (Å²) in [7, 11) is 0. The van der Waals surface area contributed by atoms with Gasteiger partial charge in [-0.15, -0.1) is 0 Å². The SMILES string of the molecule is CC(C)(C)CC(C)(C)c1ccc(OCC(CO)(CO)CO)cc1. The summed E-state index contributed by atoms with van der Waals surface area (Å²) in [5.41, 5.74) is 0.561. The highest BCUT2D eigenvalue weighted by Gasteiger charge is 2.30. The molecule has 0 unspecified atom stereocenters. The fourth-order valence-corrected chi connectivity index (χ4v) is 2.95. The fraction of sp³-hybridized carbons (Fsp3) is 0.684. The van der Waals surface area contributed by atoms with E-state index < -0.39 is 5.41 Å². The van der Waals surface area contributed by atoms with Gasteiger partial charge in [0.15, 0.2) is 0 Å². The lowest BCUT2D eigenvalue weighted by Gasteiger charge is -2.33. The fourth-order valence-electron chi connectivity index (χ4n) is 2.95.